The molecule has 2 rings (SSSR count). The van der Waals surface area contributed by atoms with Crippen molar-refractivity contribution < 1.29 is 23.5 Å². The van der Waals surface area contributed by atoms with Gasteiger partial charge in [-0.3, -0.25) is 9.59 Å². The predicted molar refractivity (Wildman–Crippen MR) is 104 cm³/mol. The first-order valence-electron chi connectivity index (χ1n) is 9.23. The summed E-state index contributed by atoms with van der Waals surface area (Å²) < 4.78 is 24.5. The molecule has 0 radical (unpaired) electrons. The summed E-state index contributed by atoms with van der Waals surface area (Å²) in [6.07, 6.45) is 0.378. The summed E-state index contributed by atoms with van der Waals surface area (Å²) >= 11 is 0. The van der Waals surface area contributed by atoms with Crippen LogP contribution in [0.2, 0.25) is 0 Å². The molecular formula is C21H25FN2O4. The van der Waals surface area contributed by atoms with E-state index in [0.29, 0.717) is 42.3 Å². The lowest BCUT2D eigenvalue weighted by Gasteiger charge is -2.12. The molecule has 2 aromatic rings. The van der Waals surface area contributed by atoms with Crippen LogP contribution in [0.25, 0.3) is 0 Å². The van der Waals surface area contributed by atoms with E-state index in [-0.39, 0.29) is 24.8 Å². The zero-order valence-corrected chi connectivity index (χ0v) is 16.1. The van der Waals surface area contributed by atoms with Gasteiger partial charge in [0.25, 0.3) is 5.91 Å². The van der Waals surface area contributed by atoms with Gasteiger partial charge >= 0.3 is 0 Å². The normalized spacial score (nSPS) is 10.2. The topological polar surface area (TPSA) is 76.7 Å². The summed E-state index contributed by atoms with van der Waals surface area (Å²) in [5.41, 5.74) is 0.899. The molecule has 2 N–H and O–H groups in total. The Hall–Kier alpha value is -3.09. The monoisotopic (exact) mass is 388 g/mol. The first-order valence-corrected chi connectivity index (χ1v) is 9.23. The highest BCUT2D eigenvalue weighted by Gasteiger charge is 2.12. The van der Waals surface area contributed by atoms with E-state index in [4.69, 9.17) is 9.47 Å². The van der Waals surface area contributed by atoms with Gasteiger partial charge in [-0.15, -0.1) is 0 Å². The van der Waals surface area contributed by atoms with Crippen LogP contribution < -0.4 is 20.1 Å². The summed E-state index contributed by atoms with van der Waals surface area (Å²) in [5.74, 6) is -0.00214. The smallest absolute Gasteiger partial charge is 0.251 e. The van der Waals surface area contributed by atoms with Crippen LogP contribution in [0.5, 0.6) is 11.5 Å². The van der Waals surface area contributed by atoms with Crippen molar-refractivity contribution in [3.8, 4) is 11.5 Å². The molecule has 28 heavy (non-hydrogen) atoms. The van der Waals surface area contributed by atoms with E-state index in [1.54, 1.807) is 36.4 Å². The number of carbonyl (C=O) groups excluding carboxylic acids is 2. The minimum atomic E-state index is -0.395. The Kier molecular flexibility index (Phi) is 8.27. The quantitative estimate of drug-likeness (QED) is 0.656. The second-order valence-corrected chi connectivity index (χ2v) is 5.90. The summed E-state index contributed by atoms with van der Waals surface area (Å²) in [6.45, 7) is 4.74. The fourth-order valence-electron chi connectivity index (χ4n) is 2.56. The molecule has 0 aromatic heterocycles. The summed E-state index contributed by atoms with van der Waals surface area (Å²) in [4.78, 5) is 24.2. The molecule has 0 aliphatic rings. The molecule has 0 atom stereocenters. The Morgan fingerprint density at radius 2 is 1.68 bits per heavy atom. The van der Waals surface area contributed by atoms with Crippen LogP contribution in [0.3, 0.4) is 0 Å². The van der Waals surface area contributed by atoms with Crippen molar-refractivity contribution in [2.24, 2.45) is 0 Å². The first-order chi connectivity index (χ1) is 13.5. The lowest BCUT2D eigenvalue weighted by molar-refractivity contribution is -0.120. The molecule has 0 saturated carbocycles. The largest absolute Gasteiger partial charge is 0.490 e. The van der Waals surface area contributed by atoms with E-state index in [0.717, 1.165) is 0 Å². The third-order valence-corrected chi connectivity index (χ3v) is 3.89. The molecule has 0 aliphatic heterocycles. The van der Waals surface area contributed by atoms with Crippen molar-refractivity contribution in [1.29, 1.82) is 0 Å². The van der Waals surface area contributed by atoms with E-state index in [2.05, 4.69) is 10.6 Å². The highest BCUT2D eigenvalue weighted by Crippen LogP contribution is 2.28. The number of carbonyl (C=O) groups is 2. The highest BCUT2D eigenvalue weighted by atomic mass is 19.1. The Labute approximate surface area is 164 Å². The van der Waals surface area contributed by atoms with Crippen molar-refractivity contribution >= 4 is 11.8 Å². The number of hydrogen-bond acceptors (Lipinski definition) is 4. The third kappa shape index (κ3) is 6.26. The van der Waals surface area contributed by atoms with Gasteiger partial charge in [-0.1, -0.05) is 18.2 Å². The van der Waals surface area contributed by atoms with Gasteiger partial charge in [0.1, 0.15) is 5.82 Å². The number of halogens is 1. The van der Waals surface area contributed by atoms with Crippen LogP contribution in [-0.4, -0.2) is 38.1 Å². The second kappa shape index (κ2) is 10.9. The highest BCUT2D eigenvalue weighted by molar-refractivity contribution is 5.97. The molecular weight excluding hydrogens is 363 g/mol. The molecule has 0 bridgehead atoms. The summed E-state index contributed by atoms with van der Waals surface area (Å²) in [5, 5.41) is 5.22. The van der Waals surface area contributed by atoms with Crippen LogP contribution in [0, 0.1) is 5.82 Å². The van der Waals surface area contributed by atoms with Crippen molar-refractivity contribution in [3.63, 3.8) is 0 Å². The fraction of sp³-hybridized carbons (Fsp3) is 0.333. The number of benzene rings is 2. The van der Waals surface area contributed by atoms with Crippen molar-refractivity contribution in [3.05, 3.63) is 59.4 Å². The van der Waals surface area contributed by atoms with E-state index in [1.165, 1.54) is 6.07 Å². The van der Waals surface area contributed by atoms with Gasteiger partial charge in [0.15, 0.2) is 11.5 Å². The molecule has 7 heteroatoms. The number of amides is 2. The van der Waals surface area contributed by atoms with Crippen molar-refractivity contribution in [1.82, 2.24) is 10.6 Å². The third-order valence-electron chi connectivity index (χ3n) is 3.89. The average Bonchev–Trinajstić information content (AvgIpc) is 2.69. The molecule has 0 heterocycles. The number of rotatable bonds is 10. The molecule has 2 amide bonds. The Morgan fingerprint density at radius 1 is 0.964 bits per heavy atom. The molecule has 150 valence electrons. The van der Waals surface area contributed by atoms with Crippen LogP contribution >= 0.6 is 0 Å². The van der Waals surface area contributed by atoms with Gasteiger partial charge in [0.05, 0.1) is 19.8 Å². The van der Waals surface area contributed by atoms with Crippen LogP contribution in [0.1, 0.15) is 29.8 Å². The van der Waals surface area contributed by atoms with Gasteiger partial charge in [0.2, 0.25) is 5.91 Å². The van der Waals surface area contributed by atoms with Crippen molar-refractivity contribution in [2.75, 3.05) is 26.3 Å². The summed E-state index contributed by atoms with van der Waals surface area (Å²) in [7, 11) is 0. The predicted octanol–water partition coefficient (Wildman–Crippen LogP) is 2.71. The van der Waals surface area contributed by atoms with E-state index in [9.17, 15) is 14.0 Å². The lowest BCUT2D eigenvalue weighted by Crippen LogP contribution is -2.37. The van der Waals surface area contributed by atoms with Crippen molar-refractivity contribution in [2.45, 2.75) is 20.3 Å². The zero-order valence-electron chi connectivity index (χ0n) is 16.1. The average molecular weight is 388 g/mol. The molecule has 2 aromatic carbocycles. The van der Waals surface area contributed by atoms with Gasteiger partial charge in [-0.05, 0) is 50.1 Å². The van der Waals surface area contributed by atoms with Crippen LogP contribution in [0.4, 0.5) is 4.39 Å². The number of hydrogen-bond donors (Lipinski definition) is 2. The molecule has 0 spiro atoms. The molecule has 0 aliphatic carbocycles. The number of ether oxygens (including phenoxy) is 2. The van der Waals surface area contributed by atoms with E-state index >= 15 is 0 Å². The van der Waals surface area contributed by atoms with Crippen LogP contribution in [-0.2, 0) is 11.2 Å². The molecule has 0 saturated heterocycles. The first kappa shape index (κ1) is 21.2. The van der Waals surface area contributed by atoms with Gasteiger partial charge < -0.3 is 20.1 Å². The standard InChI is InChI=1S/C21H25FN2O4/c1-3-27-18-10-9-16(13-19(18)28-4-2)21(26)24-14-20(25)23-12-11-15-7-5-6-8-17(15)22/h5-10,13H,3-4,11-12,14H2,1-2H3,(H,23,25)(H,24,26). The molecule has 0 fully saturated rings. The lowest BCUT2D eigenvalue weighted by atomic mass is 10.1. The Bertz CT molecular complexity index is 811. The maximum atomic E-state index is 13.5. The molecule has 6 nitrogen and oxygen atoms in total. The second-order valence-electron chi connectivity index (χ2n) is 5.90. The summed E-state index contributed by atoms with van der Waals surface area (Å²) in [6, 6.07) is 11.3. The molecule has 0 unspecified atom stereocenters. The van der Waals surface area contributed by atoms with Gasteiger partial charge in [0, 0.05) is 12.1 Å². The zero-order chi connectivity index (χ0) is 20.4. The van der Waals surface area contributed by atoms with Gasteiger partial charge in [-0.2, -0.15) is 0 Å². The SMILES string of the molecule is CCOc1ccc(C(=O)NCC(=O)NCCc2ccccc2F)cc1OCC. The van der Waals surface area contributed by atoms with E-state index in [1.807, 2.05) is 13.8 Å². The minimum absolute atomic E-state index is 0.173. The number of nitrogens with one attached hydrogen (secondary N) is 2. The Balaban J connectivity index is 1.83. The maximum Gasteiger partial charge on any atom is 0.251 e. The van der Waals surface area contributed by atoms with Gasteiger partial charge in [-0.25, -0.2) is 4.39 Å². The minimum Gasteiger partial charge on any atom is -0.490 e. The fourth-order valence-corrected chi connectivity index (χ4v) is 2.56. The van der Waals surface area contributed by atoms with E-state index < -0.39 is 5.91 Å². The Morgan fingerprint density at radius 3 is 2.39 bits per heavy atom. The maximum absolute atomic E-state index is 13.5. The van der Waals surface area contributed by atoms with Crippen LogP contribution in [0.15, 0.2) is 42.5 Å².